The van der Waals surface area contributed by atoms with E-state index < -0.39 is 11.0 Å². The molecule has 30 heavy (non-hydrogen) atoms. The predicted octanol–water partition coefficient (Wildman–Crippen LogP) is 3.22. The van der Waals surface area contributed by atoms with Crippen LogP contribution in [0.2, 0.25) is 0 Å². The van der Waals surface area contributed by atoms with Crippen molar-refractivity contribution in [2.45, 2.75) is 24.3 Å². The molecule has 1 fully saturated rings. The second kappa shape index (κ2) is 7.48. The van der Waals surface area contributed by atoms with Gasteiger partial charge in [0.2, 0.25) is 11.8 Å². The van der Waals surface area contributed by atoms with Crippen molar-refractivity contribution in [1.82, 2.24) is 25.5 Å². The van der Waals surface area contributed by atoms with E-state index in [1.807, 2.05) is 0 Å². The zero-order valence-corrected chi connectivity index (χ0v) is 16.3. The van der Waals surface area contributed by atoms with Crippen molar-refractivity contribution in [2.75, 3.05) is 11.9 Å². The van der Waals surface area contributed by atoms with E-state index in [1.165, 1.54) is 36.7 Å². The molecule has 4 rings (SSSR count). The van der Waals surface area contributed by atoms with E-state index in [4.69, 9.17) is 16.0 Å². The molecule has 1 unspecified atom stereocenters. The van der Waals surface area contributed by atoms with Crippen LogP contribution in [0.1, 0.15) is 19.2 Å². The Kier molecular flexibility index (Phi) is 4.98. The number of hydrogen-bond acceptors (Lipinski definition) is 8. The highest BCUT2D eigenvalue weighted by Gasteiger charge is 2.44. The van der Waals surface area contributed by atoms with Crippen LogP contribution in [0.25, 0.3) is 11.6 Å². The largest absolute Gasteiger partial charge is 0.487 e. The molecule has 0 radical (unpaired) electrons. The minimum Gasteiger partial charge on any atom is -0.420 e. The molecule has 0 spiro atoms. The van der Waals surface area contributed by atoms with Crippen LogP contribution in [0, 0.1) is 0 Å². The van der Waals surface area contributed by atoms with Crippen molar-refractivity contribution in [1.29, 1.82) is 0 Å². The molecule has 0 bridgehead atoms. The van der Waals surface area contributed by atoms with E-state index in [2.05, 4.69) is 35.5 Å². The topological polar surface area (TPSA) is 115 Å². The van der Waals surface area contributed by atoms with Gasteiger partial charge >= 0.3 is 5.57 Å². The minimum atomic E-state index is -3.80. The van der Waals surface area contributed by atoms with Gasteiger partial charge in [-0.2, -0.15) is 0 Å². The number of hydrogen-bond donors (Lipinski definition) is 2. The lowest BCUT2D eigenvalue weighted by atomic mass is 9.89. The number of aromatic nitrogens is 4. The molecule has 1 saturated heterocycles. The highest BCUT2D eigenvalue weighted by molar-refractivity contribution is 6.20. The number of nitrogens with zero attached hydrogens (tertiary/aromatic N) is 4. The number of ether oxygens (including phenoxy) is 1. The average molecular weight is 437 g/mol. The van der Waals surface area contributed by atoms with Crippen molar-refractivity contribution in [3.63, 3.8) is 0 Å². The van der Waals surface area contributed by atoms with Gasteiger partial charge in [-0.05, 0) is 37.6 Å². The lowest BCUT2D eigenvalue weighted by molar-refractivity contribution is -0.124. The smallest absolute Gasteiger partial charge is 0.420 e. The number of benzene rings is 1. The first-order valence-electron chi connectivity index (χ1n) is 8.81. The summed E-state index contributed by atoms with van der Waals surface area (Å²) in [6, 6.07) is 5.64. The summed E-state index contributed by atoms with van der Waals surface area (Å²) in [5, 5.41) is 13.8. The van der Waals surface area contributed by atoms with Gasteiger partial charge in [-0.3, -0.25) is 4.79 Å². The second-order valence-corrected chi connectivity index (χ2v) is 7.14. The lowest BCUT2D eigenvalue weighted by Gasteiger charge is -2.14. The van der Waals surface area contributed by atoms with Crippen molar-refractivity contribution in [3.8, 4) is 17.3 Å². The van der Waals surface area contributed by atoms with Crippen LogP contribution in [0.5, 0.6) is 5.75 Å². The SMILES string of the molecule is CC1(c2nnc(-c3nccnc3Nc3ccc(OC(F)(F)Cl)cc3)o2)CCNC1=O. The Bertz CT molecular complexity index is 1070. The van der Waals surface area contributed by atoms with Gasteiger partial charge in [-0.15, -0.1) is 19.0 Å². The van der Waals surface area contributed by atoms with Crippen molar-refractivity contribution in [2.24, 2.45) is 0 Å². The molecular weight excluding hydrogens is 422 g/mol. The first kappa shape index (κ1) is 20.0. The molecule has 12 heteroatoms. The fourth-order valence-electron chi connectivity index (χ4n) is 2.94. The van der Waals surface area contributed by atoms with Crippen LogP contribution < -0.4 is 15.4 Å². The highest BCUT2D eigenvalue weighted by Crippen LogP contribution is 2.33. The van der Waals surface area contributed by atoms with Gasteiger partial charge in [0, 0.05) is 36.2 Å². The molecule has 1 aromatic carbocycles. The quantitative estimate of drug-likeness (QED) is 0.566. The number of anilines is 2. The summed E-state index contributed by atoms with van der Waals surface area (Å²) < 4.78 is 35.5. The number of nitrogens with one attached hydrogen (secondary N) is 2. The van der Waals surface area contributed by atoms with Gasteiger partial charge < -0.3 is 19.8 Å². The Morgan fingerprint density at radius 2 is 1.97 bits per heavy atom. The van der Waals surface area contributed by atoms with Crippen LogP contribution in [-0.4, -0.2) is 38.2 Å². The molecule has 2 N–H and O–H groups in total. The highest BCUT2D eigenvalue weighted by atomic mass is 35.5. The minimum absolute atomic E-state index is 0.0864. The first-order valence-corrected chi connectivity index (χ1v) is 9.19. The van der Waals surface area contributed by atoms with Gasteiger partial charge in [0.1, 0.15) is 11.2 Å². The van der Waals surface area contributed by atoms with Gasteiger partial charge in [-0.25, -0.2) is 9.97 Å². The Balaban J connectivity index is 1.57. The van der Waals surface area contributed by atoms with Crippen LogP contribution in [0.15, 0.2) is 41.1 Å². The fourth-order valence-corrected chi connectivity index (χ4v) is 3.03. The third kappa shape index (κ3) is 4.01. The molecule has 1 aliphatic rings. The van der Waals surface area contributed by atoms with Gasteiger partial charge in [0.05, 0.1) is 0 Å². The Hall–Kier alpha value is -3.34. The third-order valence-corrected chi connectivity index (χ3v) is 4.64. The maximum absolute atomic E-state index is 12.7. The van der Waals surface area contributed by atoms with E-state index in [0.717, 1.165) is 0 Å². The fraction of sp³-hybridized carbons (Fsp3) is 0.278. The molecule has 2 aromatic heterocycles. The van der Waals surface area contributed by atoms with Gasteiger partial charge in [-0.1, -0.05) is 0 Å². The first-order chi connectivity index (χ1) is 14.2. The monoisotopic (exact) mass is 436 g/mol. The van der Waals surface area contributed by atoms with Gasteiger partial charge in [0.25, 0.3) is 5.89 Å². The van der Waals surface area contributed by atoms with Crippen molar-refractivity contribution >= 4 is 29.0 Å². The van der Waals surface area contributed by atoms with E-state index in [1.54, 1.807) is 6.92 Å². The van der Waals surface area contributed by atoms with Crippen LogP contribution >= 0.6 is 11.6 Å². The molecule has 9 nitrogen and oxygen atoms in total. The third-order valence-electron chi connectivity index (χ3n) is 4.56. The number of carbonyl (C=O) groups excluding carboxylic acids is 1. The van der Waals surface area contributed by atoms with Crippen LogP contribution in [0.3, 0.4) is 0 Å². The molecule has 1 atom stereocenters. The molecule has 0 aliphatic carbocycles. The van der Waals surface area contributed by atoms with E-state index >= 15 is 0 Å². The number of amides is 1. The molecule has 3 aromatic rings. The summed E-state index contributed by atoms with van der Waals surface area (Å²) in [5.74, 6) is 0.283. The van der Waals surface area contributed by atoms with E-state index in [-0.39, 0.29) is 29.1 Å². The summed E-state index contributed by atoms with van der Waals surface area (Å²) in [6.07, 6.45) is 3.45. The summed E-state index contributed by atoms with van der Waals surface area (Å²) in [7, 11) is 0. The Labute approximate surface area is 173 Å². The number of rotatable bonds is 6. The normalized spacial score (nSPS) is 18.9. The van der Waals surface area contributed by atoms with E-state index in [9.17, 15) is 13.6 Å². The maximum atomic E-state index is 12.7. The maximum Gasteiger partial charge on any atom is 0.487 e. The Morgan fingerprint density at radius 1 is 1.23 bits per heavy atom. The molecule has 156 valence electrons. The summed E-state index contributed by atoms with van der Waals surface area (Å²) >= 11 is 4.76. The zero-order valence-electron chi connectivity index (χ0n) is 15.5. The summed E-state index contributed by atoms with van der Waals surface area (Å²) in [5.41, 5.74) is -3.91. The number of alkyl halides is 3. The summed E-state index contributed by atoms with van der Waals surface area (Å²) in [4.78, 5) is 20.6. The Morgan fingerprint density at radius 3 is 2.63 bits per heavy atom. The zero-order chi connectivity index (χ0) is 21.4. The predicted molar refractivity (Wildman–Crippen MR) is 101 cm³/mol. The molecule has 1 amide bonds. The molecule has 3 heterocycles. The number of halogens is 3. The standard InChI is InChI=1S/C18H15ClF2N6O3/c1-17(6-7-24-15(17)28)16-27-26-14(29-16)12-13(23-9-8-22-12)25-10-2-4-11(5-3-10)30-18(19,20)21/h2-5,8-9H,6-7H2,1H3,(H,23,25)(H,24,28). The van der Waals surface area contributed by atoms with Gasteiger partial charge in [0.15, 0.2) is 11.5 Å². The number of carbonyl (C=O) groups is 1. The lowest BCUT2D eigenvalue weighted by Crippen LogP contribution is -2.32. The van der Waals surface area contributed by atoms with Crippen molar-refractivity contribution < 1.29 is 22.7 Å². The van der Waals surface area contributed by atoms with Crippen LogP contribution in [0.4, 0.5) is 20.3 Å². The average Bonchev–Trinajstić information content (AvgIpc) is 3.31. The second-order valence-electron chi connectivity index (χ2n) is 6.70. The molecule has 0 saturated carbocycles. The van der Waals surface area contributed by atoms with Crippen molar-refractivity contribution in [3.05, 3.63) is 42.5 Å². The molecule has 1 aliphatic heterocycles. The molecular formula is C18H15ClF2N6O3. The van der Waals surface area contributed by atoms with Crippen LogP contribution in [-0.2, 0) is 10.2 Å². The van der Waals surface area contributed by atoms with E-state index in [0.29, 0.717) is 24.5 Å². The summed E-state index contributed by atoms with van der Waals surface area (Å²) in [6.45, 7) is 2.26.